The number of aryl methyl sites for hydroxylation is 1. The van der Waals surface area contributed by atoms with Crippen LogP contribution in [0.1, 0.15) is 50.9 Å². The first-order chi connectivity index (χ1) is 17.7. The van der Waals surface area contributed by atoms with E-state index in [0.717, 1.165) is 46.7 Å². The van der Waals surface area contributed by atoms with Crippen LogP contribution in [0.5, 0.6) is 0 Å². The lowest BCUT2D eigenvalue weighted by Gasteiger charge is -2.27. The molecule has 2 aromatic rings. The maximum absolute atomic E-state index is 13.0. The van der Waals surface area contributed by atoms with Gasteiger partial charge in [0.15, 0.2) is 0 Å². The molecule has 1 fully saturated rings. The van der Waals surface area contributed by atoms with E-state index in [1.54, 1.807) is 24.0 Å². The molecule has 4 rings (SSSR count). The Morgan fingerprint density at radius 1 is 1.11 bits per heavy atom. The Morgan fingerprint density at radius 2 is 1.78 bits per heavy atom. The molecular formula is C25H31N3O7S2. The highest BCUT2D eigenvalue weighted by Crippen LogP contribution is 2.38. The van der Waals surface area contributed by atoms with E-state index < -0.39 is 28.4 Å². The SMILES string of the molecule is CCOC(=O)c1c(NC(=O)CN(c2ccc(C(=O)N3CCOCC3)cc2)S(C)(=O)=O)sc2c1CCCC2. The Morgan fingerprint density at radius 3 is 2.43 bits per heavy atom. The van der Waals surface area contributed by atoms with E-state index in [4.69, 9.17) is 9.47 Å². The fraction of sp³-hybridized carbons (Fsp3) is 0.480. The number of ether oxygens (including phenoxy) is 2. The summed E-state index contributed by atoms with van der Waals surface area (Å²) in [6.07, 6.45) is 4.54. The van der Waals surface area contributed by atoms with Crippen LogP contribution < -0.4 is 9.62 Å². The van der Waals surface area contributed by atoms with Crippen molar-refractivity contribution in [3.63, 3.8) is 0 Å². The van der Waals surface area contributed by atoms with Gasteiger partial charge in [0.1, 0.15) is 11.5 Å². The van der Waals surface area contributed by atoms with Gasteiger partial charge in [0, 0.05) is 23.5 Å². The topological polar surface area (TPSA) is 122 Å². The first kappa shape index (κ1) is 27.1. The van der Waals surface area contributed by atoms with Crippen molar-refractivity contribution in [2.75, 3.05) is 55.3 Å². The zero-order chi connectivity index (χ0) is 26.6. The van der Waals surface area contributed by atoms with Gasteiger partial charge in [0.05, 0.1) is 37.3 Å². The minimum atomic E-state index is -3.82. The van der Waals surface area contributed by atoms with Crippen molar-refractivity contribution >= 4 is 49.8 Å². The van der Waals surface area contributed by atoms with E-state index in [0.29, 0.717) is 42.4 Å². The van der Waals surface area contributed by atoms with E-state index in [2.05, 4.69) is 5.32 Å². The van der Waals surface area contributed by atoms with Crippen LogP contribution in [0.25, 0.3) is 0 Å². The molecule has 37 heavy (non-hydrogen) atoms. The van der Waals surface area contributed by atoms with Crippen LogP contribution in [0.3, 0.4) is 0 Å². The van der Waals surface area contributed by atoms with Crippen molar-refractivity contribution in [2.24, 2.45) is 0 Å². The number of rotatable bonds is 8. The molecule has 2 aliphatic rings. The molecule has 1 aromatic carbocycles. The third kappa shape index (κ3) is 6.31. The number of amides is 2. The molecule has 0 spiro atoms. The third-order valence-electron chi connectivity index (χ3n) is 6.29. The van der Waals surface area contributed by atoms with Crippen LogP contribution in [0.15, 0.2) is 24.3 Å². The number of hydrogen-bond acceptors (Lipinski definition) is 8. The molecular weight excluding hydrogens is 518 g/mol. The van der Waals surface area contributed by atoms with Crippen LogP contribution >= 0.6 is 11.3 Å². The summed E-state index contributed by atoms with van der Waals surface area (Å²) in [4.78, 5) is 41.2. The van der Waals surface area contributed by atoms with E-state index in [1.165, 1.54) is 23.5 Å². The van der Waals surface area contributed by atoms with Gasteiger partial charge in [-0.3, -0.25) is 13.9 Å². The molecule has 1 aromatic heterocycles. The van der Waals surface area contributed by atoms with Crippen molar-refractivity contribution in [2.45, 2.75) is 32.6 Å². The fourth-order valence-electron chi connectivity index (χ4n) is 4.49. The van der Waals surface area contributed by atoms with Gasteiger partial charge >= 0.3 is 5.97 Å². The van der Waals surface area contributed by atoms with E-state index in [-0.39, 0.29) is 18.2 Å². The molecule has 1 saturated heterocycles. The summed E-state index contributed by atoms with van der Waals surface area (Å²) in [5, 5.41) is 3.14. The summed E-state index contributed by atoms with van der Waals surface area (Å²) >= 11 is 1.34. The van der Waals surface area contributed by atoms with E-state index in [1.807, 2.05) is 0 Å². The molecule has 2 heterocycles. The highest BCUT2D eigenvalue weighted by molar-refractivity contribution is 7.92. The molecule has 12 heteroatoms. The maximum Gasteiger partial charge on any atom is 0.341 e. The summed E-state index contributed by atoms with van der Waals surface area (Å²) < 4.78 is 36.7. The summed E-state index contributed by atoms with van der Waals surface area (Å²) in [7, 11) is -3.82. The average Bonchev–Trinajstić information content (AvgIpc) is 3.25. The molecule has 0 radical (unpaired) electrons. The predicted octanol–water partition coefficient (Wildman–Crippen LogP) is 2.68. The first-order valence-corrected chi connectivity index (χ1v) is 14.9. The van der Waals surface area contributed by atoms with E-state index in [9.17, 15) is 22.8 Å². The second-order valence-corrected chi connectivity index (χ2v) is 11.9. The van der Waals surface area contributed by atoms with E-state index >= 15 is 0 Å². The lowest BCUT2D eigenvalue weighted by atomic mass is 9.95. The Balaban J connectivity index is 1.52. The summed E-state index contributed by atoms with van der Waals surface area (Å²) in [6.45, 7) is 3.39. The maximum atomic E-state index is 13.0. The Bertz CT molecular complexity index is 1270. The van der Waals surface area contributed by atoms with Crippen LogP contribution in [-0.4, -0.2) is 76.8 Å². The lowest BCUT2D eigenvalue weighted by Crippen LogP contribution is -2.40. The molecule has 1 aliphatic carbocycles. The number of esters is 1. The number of carbonyl (C=O) groups excluding carboxylic acids is 3. The zero-order valence-electron chi connectivity index (χ0n) is 20.9. The van der Waals surface area contributed by atoms with Crippen molar-refractivity contribution < 1.29 is 32.3 Å². The second kappa shape index (κ2) is 11.6. The van der Waals surface area contributed by atoms with Crippen LogP contribution in [0, 0.1) is 0 Å². The summed E-state index contributed by atoms with van der Waals surface area (Å²) in [6, 6.07) is 6.12. The molecule has 0 unspecified atom stereocenters. The van der Waals surface area contributed by atoms with Crippen LogP contribution in [-0.2, 0) is 37.1 Å². The van der Waals surface area contributed by atoms with Gasteiger partial charge in [0.25, 0.3) is 5.91 Å². The number of thiophene rings is 1. The Labute approximate surface area is 220 Å². The van der Waals surface area contributed by atoms with Crippen molar-refractivity contribution in [3.05, 3.63) is 45.8 Å². The number of fused-ring (bicyclic) bond motifs is 1. The molecule has 1 aliphatic heterocycles. The van der Waals surface area contributed by atoms with Crippen molar-refractivity contribution in [3.8, 4) is 0 Å². The number of morpholine rings is 1. The van der Waals surface area contributed by atoms with Gasteiger partial charge in [-0.25, -0.2) is 13.2 Å². The Kier molecular flexibility index (Phi) is 8.50. The lowest BCUT2D eigenvalue weighted by molar-refractivity contribution is -0.114. The van der Waals surface area contributed by atoms with Crippen LogP contribution in [0.2, 0.25) is 0 Å². The van der Waals surface area contributed by atoms with Gasteiger partial charge in [-0.1, -0.05) is 0 Å². The third-order valence-corrected chi connectivity index (χ3v) is 8.64. The summed E-state index contributed by atoms with van der Waals surface area (Å²) in [5.74, 6) is -1.23. The number of hydrogen-bond donors (Lipinski definition) is 1. The molecule has 0 saturated carbocycles. The smallest absolute Gasteiger partial charge is 0.341 e. The van der Waals surface area contributed by atoms with Gasteiger partial charge in [-0.05, 0) is 62.4 Å². The minimum absolute atomic E-state index is 0.161. The monoisotopic (exact) mass is 549 g/mol. The number of sulfonamides is 1. The van der Waals surface area contributed by atoms with Gasteiger partial charge in [-0.15, -0.1) is 11.3 Å². The molecule has 0 bridgehead atoms. The second-order valence-electron chi connectivity index (χ2n) is 8.90. The number of anilines is 2. The van der Waals surface area contributed by atoms with Gasteiger partial charge < -0.3 is 19.7 Å². The molecule has 200 valence electrons. The highest BCUT2D eigenvalue weighted by Gasteiger charge is 2.29. The standard InChI is InChI=1S/C25H31N3O7S2/c1-3-35-25(31)22-19-6-4-5-7-20(19)36-23(22)26-21(29)16-28(37(2,32)33)18-10-8-17(9-11-18)24(30)27-12-14-34-15-13-27/h8-11H,3-7,12-16H2,1-2H3,(H,26,29). The van der Waals surface area contributed by atoms with Crippen LogP contribution in [0.4, 0.5) is 10.7 Å². The summed E-state index contributed by atoms with van der Waals surface area (Å²) in [5.41, 5.74) is 1.95. The quantitative estimate of drug-likeness (QED) is 0.503. The zero-order valence-corrected chi connectivity index (χ0v) is 22.6. The normalized spacial score (nSPS) is 15.6. The number of carbonyl (C=O) groups is 3. The molecule has 0 atom stereocenters. The Hall–Kier alpha value is -2.96. The number of nitrogens with one attached hydrogen (secondary N) is 1. The van der Waals surface area contributed by atoms with Crippen molar-refractivity contribution in [1.29, 1.82) is 0 Å². The van der Waals surface area contributed by atoms with Crippen molar-refractivity contribution in [1.82, 2.24) is 4.90 Å². The predicted molar refractivity (Wildman–Crippen MR) is 141 cm³/mol. The largest absolute Gasteiger partial charge is 0.462 e. The first-order valence-electron chi connectivity index (χ1n) is 12.2. The minimum Gasteiger partial charge on any atom is -0.462 e. The van der Waals surface area contributed by atoms with Gasteiger partial charge in [0.2, 0.25) is 15.9 Å². The molecule has 2 amide bonds. The molecule has 1 N–H and O–H groups in total. The highest BCUT2D eigenvalue weighted by atomic mass is 32.2. The average molecular weight is 550 g/mol. The molecule has 10 nitrogen and oxygen atoms in total. The number of benzene rings is 1. The number of nitrogens with zero attached hydrogens (tertiary/aromatic N) is 2. The fourth-order valence-corrected chi connectivity index (χ4v) is 6.64. The van der Waals surface area contributed by atoms with Gasteiger partial charge in [-0.2, -0.15) is 0 Å².